The Labute approximate surface area is 129 Å². The predicted molar refractivity (Wildman–Crippen MR) is 83.6 cm³/mol. The molecule has 0 aliphatic carbocycles. The van der Waals surface area contributed by atoms with Gasteiger partial charge in [-0.15, -0.1) is 11.3 Å². The number of hydrogen-bond acceptors (Lipinski definition) is 5. The third kappa shape index (κ3) is 5.39. The zero-order valence-electron chi connectivity index (χ0n) is 12.1. The molecule has 1 amide bonds. The van der Waals surface area contributed by atoms with Crippen LogP contribution in [0, 0.1) is 0 Å². The largest absolute Gasteiger partial charge is 0.350 e. The molecule has 0 atom stereocenters. The molecule has 1 aromatic heterocycles. The quantitative estimate of drug-likeness (QED) is 0.844. The summed E-state index contributed by atoms with van der Waals surface area (Å²) in [7, 11) is -3.13. The molecule has 0 radical (unpaired) electrons. The van der Waals surface area contributed by atoms with Crippen LogP contribution in [-0.4, -0.2) is 62.5 Å². The Morgan fingerprint density at radius 1 is 1.33 bits per heavy atom. The normalized spacial score (nSPS) is 18.3. The number of hydrogen-bond donors (Lipinski definition) is 1. The molecular weight excluding hydrogens is 310 g/mol. The molecule has 118 valence electrons. The van der Waals surface area contributed by atoms with Gasteiger partial charge < -0.3 is 5.32 Å². The Morgan fingerprint density at radius 3 is 2.81 bits per heavy atom. The van der Waals surface area contributed by atoms with E-state index in [0.717, 1.165) is 17.8 Å². The smallest absolute Gasteiger partial charge is 0.234 e. The summed E-state index contributed by atoms with van der Waals surface area (Å²) in [6, 6.07) is 3.95. The third-order valence-corrected chi connectivity index (χ3v) is 5.60. The maximum absolute atomic E-state index is 11.9. The summed E-state index contributed by atoms with van der Waals surface area (Å²) in [5.41, 5.74) is 0. The minimum Gasteiger partial charge on any atom is -0.350 e. The van der Waals surface area contributed by atoms with E-state index >= 15 is 0 Å². The molecule has 6 nitrogen and oxygen atoms in total. The summed E-state index contributed by atoms with van der Waals surface area (Å²) in [4.78, 5) is 15.1. The van der Waals surface area contributed by atoms with Crippen LogP contribution >= 0.6 is 11.3 Å². The number of carbonyl (C=O) groups excluding carboxylic acids is 1. The van der Waals surface area contributed by atoms with Crippen LogP contribution in [-0.2, 0) is 21.4 Å². The number of nitrogens with one attached hydrogen (secondary N) is 1. The number of carbonyl (C=O) groups is 1. The fraction of sp³-hybridized carbons (Fsp3) is 0.615. The lowest BCUT2D eigenvalue weighted by atomic mass is 10.3. The Balaban J connectivity index is 1.76. The molecule has 0 saturated carbocycles. The average molecular weight is 331 g/mol. The lowest BCUT2D eigenvalue weighted by Crippen LogP contribution is -2.39. The first kappa shape index (κ1) is 16.4. The monoisotopic (exact) mass is 331 g/mol. The second kappa shape index (κ2) is 7.35. The van der Waals surface area contributed by atoms with E-state index in [9.17, 15) is 13.2 Å². The molecule has 1 aliphatic rings. The maximum atomic E-state index is 11.9. The molecule has 1 N–H and O–H groups in total. The van der Waals surface area contributed by atoms with Gasteiger partial charge in [0.15, 0.2) is 0 Å². The van der Waals surface area contributed by atoms with Gasteiger partial charge in [0.1, 0.15) is 0 Å². The second-order valence-electron chi connectivity index (χ2n) is 5.15. The fourth-order valence-electron chi connectivity index (χ4n) is 2.29. The lowest BCUT2D eigenvalue weighted by molar-refractivity contribution is -0.122. The van der Waals surface area contributed by atoms with E-state index in [-0.39, 0.29) is 5.91 Å². The first-order valence-electron chi connectivity index (χ1n) is 6.92. The molecule has 0 spiro atoms. The maximum Gasteiger partial charge on any atom is 0.234 e. The highest BCUT2D eigenvalue weighted by Gasteiger charge is 2.22. The Kier molecular flexibility index (Phi) is 5.74. The number of thiophene rings is 1. The van der Waals surface area contributed by atoms with Crippen molar-refractivity contribution in [2.75, 3.05) is 39.0 Å². The molecule has 2 rings (SSSR count). The van der Waals surface area contributed by atoms with Gasteiger partial charge in [0.2, 0.25) is 15.9 Å². The van der Waals surface area contributed by atoms with Crippen molar-refractivity contribution in [3.8, 4) is 0 Å². The van der Waals surface area contributed by atoms with Crippen LogP contribution in [0.2, 0.25) is 0 Å². The first-order valence-corrected chi connectivity index (χ1v) is 9.64. The summed E-state index contributed by atoms with van der Waals surface area (Å²) in [5, 5.41) is 4.87. The molecular formula is C13H21N3O3S2. The van der Waals surface area contributed by atoms with Gasteiger partial charge >= 0.3 is 0 Å². The van der Waals surface area contributed by atoms with Crippen LogP contribution in [0.25, 0.3) is 0 Å². The van der Waals surface area contributed by atoms with Gasteiger partial charge in [-0.3, -0.25) is 9.69 Å². The van der Waals surface area contributed by atoms with Gasteiger partial charge in [-0.1, -0.05) is 6.07 Å². The van der Waals surface area contributed by atoms with Crippen LogP contribution in [0.3, 0.4) is 0 Å². The minimum atomic E-state index is -3.13. The molecule has 1 saturated heterocycles. The lowest BCUT2D eigenvalue weighted by Gasteiger charge is -2.20. The van der Waals surface area contributed by atoms with E-state index in [2.05, 4.69) is 5.32 Å². The van der Waals surface area contributed by atoms with Gasteiger partial charge in [0.05, 0.1) is 19.3 Å². The molecule has 1 fully saturated rings. The molecule has 0 aromatic carbocycles. The van der Waals surface area contributed by atoms with Crippen molar-refractivity contribution in [1.29, 1.82) is 0 Å². The van der Waals surface area contributed by atoms with E-state index in [4.69, 9.17) is 0 Å². The molecule has 2 heterocycles. The van der Waals surface area contributed by atoms with Crippen molar-refractivity contribution in [2.24, 2.45) is 0 Å². The number of nitrogens with zero attached hydrogens (tertiary/aromatic N) is 2. The summed E-state index contributed by atoms with van der Waals surface area (Å²) >= 11 is 1.62. The van der Waals surface area contributed by atoms with Crippen molar-refractivity contribution in [3.63, 3.8) is 0 Å². The fourth-order valence-corrected chi connectivity index (χ4v) is 3.81. The highest BCUT2D eigenvalue weighted by molar-refractivity contribution is 7.88. The van der Waals surface area contributed by atoms with Crippen molar-refractivity contribution in [3.05, 3.63) is 22.4 Å². The van der Waals surface area contributed by atoms with Crippen molar-refractivity contribution in [1.82, 2.24) is 14.5 Å². The van der Waals surface area contributed by atoms with E-state index in [1.165, 1.54) is 10.6 Å². The molecule has 21 heavy (non-hydrogen) atoms. The van der Waals surface area contributed by atoms with Gasteiger partial charge in [0.25, 0.3) is 0 Å². The first-order chi connectivity index (χ1) is 9.95. The summed E-state index contributed by atoms with van der Waals surface area (Å²) < 4.78 is 24.5. The average Bonchev–Trinajstić information content (AvgIpc) is 2.81. The van der Waals surface area contributed by atoms with Crippen molar-refractivity contribution < 1.29 is 13.2 Å². The van der Waals surface area contributed by atoms with E-state index < -0.39 is 10.0 Å². The van der Waals surface area contributed by atoms with Crippen molar-refractivity contribution in [2.45, 2.75) is 13.0 Å². The highest BCUT2D eigenvalue weighted by Crippen LogP contribution is 2.08. The van der Waals surface area contributed by atoms with E-state index in [0.29, 0.717) is 32.7 Å². The van der Waals surface area contributed by atoms with Crippen LogP contribution in [0.5, 0.6) is 0 Å². The van der Waals surface area contributed by atoms with E-state index in [1.807, 2.05) is 22.4 Å². The number of rotatable bonds is 5. The van der Waals surface area contributed by atoms with Gasteiger partial charge in [0, 0.05) is 24.5 Å². The predicted octanol–water partition coefficient (Wildman–Crippen LogP) is 0.332. The second-order valence-corrected chi connectivity index (χ2v) is 8.16. The summed E-state index contributed by atoms with van der Waals surface area (Å²) in [6.45, 7) is 3.21. The minimum absolute atomic E-state index is 0.0174. The van der Waals surface area contributed by atoms with Gasteiger partial charge in [-0.2, -0.15) is 0 Å². The molecule has 8 heteroatoms. The topological polar surface area (TPSA) is 69.7 Å². The Hall–Kier alpha value is -0.960. The SMILES string of the molecule is CS(=O)(=O)N1CCCN(CC(=O)NCc2cccs2)CC1. The van der Waals surface area contributed by atoms with Gasteiger partial charge in [-0.25, -0.2) is 12.7 Å². The van der Waals surface area contributed by atoms with E-state index in [1.54, 1.807) is 11.3 Å². The van der Waals surface area contributed by atoms with Crippen LogP contribution in [0.1, 0.15) is 11.3 Å². The Morgan fingerprint density at radius 2 is 2.14 bits per heavy atom. The standard InChI is InChI=1S/C13H21N3O3S2/c1-21(18,19)16-6-3-5-15(7-8-16)11-13(17)14-10-12-4-2-9-20-12/h2,4,9H,3,5-8,10-11H2,1H3,(H,14,17). The Bertz CT molecular complexity index is 557. The van der Waals surface area contributed by atoms with Crippen LogP contribution < -0.4 is 5.32 Å². The zero-order valence-corrected chi connectivity index (χ0v) is 13.8. The van der Waals surface area contributed by atoms with Crippen LogP contribution in [0.4, 0.5) is 0 Å². The molecule has 1 aromatic rings. The molecule has 0 unspecified atom stereocenters. The number of amides is 1. The summed E-state index contributed by atoms with van der Waals surface area (Å²) in [6.07, 6.45) is 1.99. The number of sulfonamides is 1. The van der Waals surface area contributed by atoms with Crippen molar-refractivity contribution >= 4 is 27.3 Å². The zero-order chi connectivity index (χ0) is 15.3. The summed E-state index contributed by atoms with van der Waals surface area (Å²) in [5.74, 6) is -0.0174. The molecule has 1 aliphatic heterocycles. The van der Waals surface area contributed by atoms with Crippen LogP contribution in [0.15, 0.2) is 17.5 Å². The third-order valence-electron chi connectivity index (χ3n) is 3.42. The van der Waals surface area contributed by atoms with Gasteiger partial charge in [-0.05, 0) is 24.4 Å². The molecule has 0 bridgehead atoms. The highest BCUT2D eigenvalue weighted by atomic mass is 32.2.